The summed E-state index contributed by atoms with van der Waals surface area (Å²) in [4.78, 5) is 4.92. The molecule has 4 bridgehead atoms. The van der Waals surface area contributed by atoms with Crippen LogP contribution < -0.4 is 0 Å². The monoisotopic (exact) mass is 252 g/mol. The lowest BCUT2D eigenvalue weighted by atomic mass is 9.51. The summed E-state index contributed by atoms with van der Waals surface area (Å²) in [5.41, 5.74) is 2.49. The average molecular weight is 252 g/mol. The van der Waals surface area contributed by atoms with E-state index in [1.165, 1.54) is 37.8 Å². The summed E-state index contributed by atoms with van der Waals surface area (Å²) < 4.78 is 2.19. The maximum atomic E-state index is 4.92. The molecule has 4 aliphatic rings. The number of hydrogen-bond acceptors (Lipinski definition) is 1. The summed E-state index contributed by atoms with van der Waals surface area (Å²) in [6, 6.07) is 6.30. The molecule has 0 N–H and O–H groups in total. The Labute approximate surface area is 113 Å². The fourth-order valence-electron chi connectivity index (χ4n) is 5.52. The highest BCUT2D eigenvalue weighted by atomic mass is 15.0. The zero-order valence-corrected chi connectivity index (χ0v) is 11.2. The molecule has 4 fully saturated rings. The van der Waals surface area contributed by atoms with Crippen LogP contribution in [-0.2, 0) is 0 Å². The highest BCUT2D eigenvalue weighted by Crippen LogP contribution is 2.59. The number of aromatic nitrogens is 2. The van der Waals surface area contributed by atoms with Gasteiger partial charge in [-0.1, -0.05) is 6.07 Å². The van der Waals surface area contributed by atoms with Crippen molar-refractivity contribution in [2.75, 3.05) is 0 Å². The van der Waals surface area contributed by atoms with Gasteiger partial charge >= 0.3 is 0 Å². The van der Waals surface area contributed by atoms with Gasteiger partial charge in [-0.3, -0.25) is 0 Å². The van der Waals surface area contributed by atoms with E-state index in [1.54, 1.807) is 0 Å². The van der Waals surface area contributed by atoms with Crippen molar-refractivity contribution in [1.29, 1.82) is 0 Å². The largest absolute Gasteiger partial charge is 0.307 e. The Hall–Kier alpha value is -1.31. The van der Waals surface area contributed by atoms with Crippen LogP contribution in [0.25, 0.3) is 5.65 Å². The van der Waals surface area contributed by atoms with Crippen LogP contribution in [0, 0.1) is 23.7 Å². The van der Waals surface area contributed by atoms with Gasteiger partial charge in [0.2, 0.25) is 0 Å². The first-order chi connectivity index (χ1) is 9.37. The number of hydrogen-bond donors (Lipinski definition) is 0. The van der Waals surface area contributed by atoms with Crippen LogP contribution in [0.1, 0.15) is 43.7 Å². The van der Waals surface area contributed by atoms with Crippen molar-refractivity contribution in [3.05, 3.63) is 36.3 Å². The Morgan fingerprint density at radius 2 is 1.68 bits per heavy atom. The van der Waals surface area contributed by atoms with Crippen LogP contribution in [0.5, 0.6) is 0 Å². The number of fused-ring (bicyclic) bond motifs is 1. The van der Waals surface area contributed by atoms with Gasteiger partial charge in [-0.2, -0.15) is 0 Å². The minimum atomic E-state index is 0.757. The van der Waals surface area contributed by atoms with E-state index in [9.17, 15) is 0 Å². The second-order valence-corrected chi connectivity index (χ2v) is 7.09. The van der Waals surface area contributed by atoms with Crippen LogP contribution in [0.15, 0.2) is 30.6 Å². The molecule has 0 saturated heterocycles. The number of rotatable bonds is 1. The zero-order chi connectivity index (χ0) is 12.4. The first-order valence-corrected chi connectivity index (χ1v) is 7.80. The quantitative estimate of drug-likeness (QED) is 0.753. The summed E-state index contributed by atoms with van der Waals surface area (Å²) in [6.45, 7) is 0. The molecule has 6 rings (SSSR count). The molecule has 98 valence electrons. The minimum Gasteiger partial charge on any atom is -0.307 e. The van der Waals surface area contributed by atoms with Crippen molar-refractivity contribution in [3.63, 3.8) is 0 Å². The number of pyridine rings is 1. The van der Waals surface area contributed by atoms with E-state index in [0.717, 1.165) is 35.2 Å². The smallest absolute Gasteiger partial charge is 0.136 e. The third-order valence-corrected chi connectivity index (χ3v) is 5.95. The lowest BCUT2D eigenvalue weighted by Gasteiger charge is -2.54. The van der Waals surface area contributed by atoms with E-state index >= 15 is 0 Å². The van der Waals surface area contributed by atoms with E-state index in [4.69, 9.17) is 4.98 Å². The summed E-state index contributed by atoms with van der Waals surface area (Å²) in [7, 11) is 0. The molecule has 0 unspecified atom stereocenters. The molecule has 19 heavy (non-hydrogen) atoms. The fraction of sp³-hybridized carbons (Fsp3) is 0.588. The fourth-order valence-corrected chi connectivity index (χ4v) is 5.52. The lowest BCUT2D eigenvalue weighted by Crippen LogP contribution is -2.43. The minimum absolute atomic E-state index is 0.757. The first-order valence-electron chi connectivity index (χ1n) is 7.80. The molecule has 0 atom stereocenters. The molecule has 2 aromatic rings. The van der Waals surface area contributed by atoms with Crippen LogP contribution >= 0.6 is 0 Å². The van der Waals surface area contributed by atoms with Crippen molar-refractivity contribution in [1.82, 2.24) is 9.38 Å². The van der Waals surface area contributed by atoms with Gasteiger partial charge in [0.15, 0.2) is 0 Å². The molecule has 0 radical (unpaired) electrons. The van der Waals surface area contributed by atoms with Gasteiger partial charge in [0.1, 0.15) is 5.65 Å². The summed E-state index contributed by atoms with van der Waals surface area (Å²) in [5.74, 6) is 4.72. The van der Waals surface area contributed by atoms with Crippen molar-refractivity contribution in [3.8, 4) is 0 Å². The highest BCUT2D eigenvalue weighted by Gasteiger charge is 2.49. The number of nitrogens with zero attached hydrogens (tertiary/aromatic N) is 2. The molecule has 0 amide bonds. The van der Waals surface area contributed by atoms with Crippen LogP contribution in [0.3, 0.4) is 0 Å². The molecule has 4 saturated carbocycles. The average Bonchev–Trinajstić information content (AvgIpc) is 2.80. The predicted molar refractivity (Wildman–Crippen MR) is 75.0 cm³/mol. The third-order valence-electron chi connectivity index (χ3n) is 5.95. The van der Waals surface area contributed by atoms with Crippen molar-refractivity contribution in [2.24, 2.45) is 23.7 Å². The molecule has 2 heterocycles. The van der Waals surface area contributed by atoms with Gasteiger partial charge in [0.25, 0.3) is 0 Å². The van der Waals surface area contributed by atoms with Crippen LogP contribution in [0.2, 0.25) is 0 Å². The van der Waals surface area contributed by atoms with Gasteiger partial charge in [-0.15, -0.1) is 0 Å². The summed E-state index contributed by atoms with van der Waals surface area (Å²) in [6.07, 6.45) is 11.9. The Morgan fingerprint density at radius 1 is 0.947 bits per heavy atom. The van der Waals surface area contributed by atoms with Crippen molar-refractivity contribution >= 4 is 5.65 Å². The molecule has 0 aromatic carbocycles. The van der Waals surface area contributed by atoms with Crippen LogP contribution in [-0.4, -0.2) is 9.38 Å². The van der Waals surface area contributed by atoms with E-state index < -0.39 is 0 Å². The normalized spacial score (nSPS) is 40.1. The van der Waals surface area contributed by atoms with E-state index in [1.807, 2.05) is 0 Å². The number of imidazole rings is 1. The van der Waals surface area contributed by atoms with Gasteiger partial charge < -0.3 is 4.40 Å². The second-order valence-electron chi connectivity index (χ2n) is 7.09. The van der Waals surface area contributed by atoms with Gasteiger partial charge in [0.05, 0.1) is 5.69 Å². The summed E-state index contributed by atoms with van der Waals surface area (Å²) in [5, 5.41) is 0. The molecule has 2 heteroatoms. The zero-order valence-electron chi connectivity index (χ0n) is 11.2. The Balaban J connectivity index is 1.58. The summed E-state index contributed by atoms with van der Waals surface area (Å²) >= 11 is 0. The first kappa shape index (κ1) is 10.5. The second kappa shape index (κ2) is 3.62. The lowest BCUT2D eigenvalue weighted by molar-refractivity contribution is -0.00399. The van der Waals surface area contributed by atoms with E-state index in [2.05, 4.69) is 35.0 Å². The molecule has 4 aliphatic carbocycles. The third kappa shape index (κ3) is 1.46. The maximum absolute atomic E-state index is 4.92. The van der Waals surface area contributed by atoms with Gasteiger partial charge in [-0.05, 0) is 67.9 Å². The molecule has 0 spiro atoms. The Bertz CT molecular complexity index is 566. The highest BCUT2D eigenvalue weighted by molar-refractivity contribution is 5.40. The molecule has 0 aliphatic heterocycles. The standard InChI is InChI=1S/C17H20N2/c1-2-4-19-10-15(18-16(19)3-1)17-13-6-11-5-12(8-13)9-14(17)7-11/h1-4,10-14,17H,5-9H2. The maximum Gasteiger partial charge on any atom is 0.136 e. The topological polar surface area (TPSA) is 17.3 Å². The van der Waals surface area contributed by atoms with Gasteiger partial charge in [0, 0.05) is 18.3 Å². The molecule has 2 nitrogen and oxygen atoms in total. The SMILES string of the molecule is c1ccn2cc(C3C4CC5CC(C4)CC3C5)nc2c1. The molecular formula is C17H20N2. The Morgan fingerprint density at radius 3 is 2.37 bits per heavy atom. The Kier molecular flexibility index (Phi) is 2.00. The van der Waals surface area contributed by atoms with Gasteiger partial charge in [-0.25, -0.2) is 4.98 Å². The van der Waals surface area contributed by atoms with E-state index in [0.29, 0.717) is 0 Å². The van der Waals surface area contributed by atoms with Crippen molar-refractivity contribution in [2.45, 2.75) is 38.0 Å². The predicted octanol–water partition coefficient (Wildman–Crippen LogP) is 3.87. The van der Waals surface area contributed by atoms with Crippen molar-refractivity contribution < 1.29 is 0 Å². The van der Waals surface area contributed by atoms with Crippen LogP contribution in [0.4, 0.5) is 0 Å². The molecule has 2 aromatic heterocycles. The molecular weight excluding hydrogens is 232 g/mol. The van der Waals surface area contributed by atoms with E-state index in [-0.39, 0.29) is 0 Å².